The molecule has 0 aliphatic heterocycles. The number of aryl methyl sites for hydroxylation is 3. The van der Waals surface area contributed by atoms with Crippen molar-refractivity contribution in [2.24, 2.45) is 10.2 Å². The van der Waals surface area contributed by atoms with Crippen molar-refractivity contribution in [3.63, 3.8) is 0 Å². The maximum atomic E-state index is 13.9. The summed E-state index contributed by atoms with van der Waals surface area (Å²) in [5, 5.41) is 10.5. The minimum Gasteiger partial charge on any atom is -0.494 e. The maximum absolute atomic E-state index is 13.9. The molecule has 0 saturated heterocycles. The van der Waals surface area contributed by atoms with Crippen molar-refractivity contribution in [1.82, 2.24) is 9.97 Å². The van der Waals surface area contributed by atoms with Crippen LogP contribution in [0.25, 0.3) is 20.4 Å². The first-order chi connectivity index (χ1) is 31.4. The number of fused-ring (bicyclic) bond motifs is 2. The number of esters is 2. The summed E-state index contributed by atoms with van der Waals surface area (Å²) < 4.78 is 19.3. The number of hydrogen-bond acceptors (Lipinski definition) is 13. The lowest BCUT2D eigenvalue weighted by atomic mass is 9.98. The highest BCUT2D eigenvalue weighted by Gasteiger charge is 2.18. The average Bonchev–Trinajstić information content (AvgIpc) is 3.94. The van der Waals surface area contributed by atoms with Gasteiger partial charge in [0.15, 0.2) is 0 Å². The highest BCUT2D eigenvalue weighted by molar-refractivity contribution is 7.22. The Morgan fingerprint density at radius 2 is 1.22 bits per heavy atom. The normalized spacial score (nSPS) is 11.4. The van der Waals surface area contributed by atoms with E-state index in [1.807, 2.05) is 60.7 Å². The summed E-state index contributed by atoms with van der Waals surface area (Å²) in [4.78, 5) is 34.5. The Hall–Kier alpha value is -6.70. The number of para-hydroxylation sites is 2. The summed E-state index contributed by atoms with van der Waals surface area (Å²) in [6.45, 7) is 6.54. The molecule has 5 aromatic carbocycles. The molecule has 0 radical (unpaired) electrons. The van der Waals surface area contributed by atoms with E-state index in [1.54, 1.807) is 36.7 Å². The van der Waals surface area contributed by atoms with Gasteiger partial charge in [-0.1, -0.05) is 97.5 Å². The van der Waals surface area contributed by atoms with E-state index in [-0.39, 0.29) is 0 Å². The summed E-state index contributed by atoms with van der Waals surface area (Å²) in [6.07, 6.45) is 14.2. The SMILES string of the molecule is C=CC(=O)OCCCCCCOc1ccc(C(=O)Oc2c(/C=N/Nc3nc4ccccc4s3)cc(CCc3ccc(CCCCC)cc3)cc2/C=N/Nc2nc3ccccc3s2)cc1. The lowest BCUT2D eigenvalue weighted by Crippen LogP contribution is -2.12. The van der Waals surface area contributed by atoms with Gasteiger partial charge in [-0.15, -0.1) is 0 Å². The smallest absolute Gasteiger partial charge is 0.343 e. The number of carbonyl (C=O) groups excluding carboxylic acids is 2. The van der Waals surface area contributed by atoms with Crippen LogP contribution in [0.2, 0.25) is 0 Å². The van der Waals surface area contributed by atoms with Crippen molar-refractivity contribution in [3.8, 4) is 11.5 Å². The van der Waals surface area contributed by atoms with Crippen LogP contribution >= 0.6 is 22.7 Å². The first-order valence-electron chi connectivity index (χ1n) is 21.7. The van der Waals surface area contributed by atoms with Crippen LogP contribution in [0.15, 0.2) is 132 Å². The maximum Gasteiger partial charge on any atom is 0.343 e. The van der Waals surface area contributed by atoms with Gasteiger partial charge in [0.2, 0.25) is 10.3 Å². The van der Waals surface area contributed by atoms with Gasteiger partial charge in [0.25, 0.3) is 0 Å². The fourth-order valence-electron chi connectivity index (χ4n) is 6.91. The van der Waals surface area contributed by atoms with Crippen LogP contribution in [-0.4, -0.2) is 47.5 Å². The standard InChI is InChI=1S/C51H52N6O5S2/c1-3-5-8-15-36-20-22-37(23-21-36)24-25-38-32-40(34-52-56-50-54-43-16-9-11-18-45(43)63-50)48(41(33-38)35-53-57-51-55-44-17-10-12-19-46(44)64-51)62-49(59)39-26-28-42(29-27-39)60-30-13-6-7-14-31-61-47(58)4-2/h4,9-12,16-23,26-29,32-35H,2-3,5-8,13-15,24-25,30-31H2,1H3,(H,54,56)(H,55,57)/b52-34+,53-35+. The Labute approximate surface area is 381 Å². The molecule has 0 unspecified atom stereocenters. The van der Waals surface area contributed by atoms with Gasteiger partial charge in [-0.05, 0) is 129 Å². The van der Waals surface area contributed by atoms with Crippen molar-refractivity contribution in [3.05, 3.63) is 155 Å². The molecule has 7 rings (SSSR count). The number of hydrazone groups is 2. The molecule has 2 N–H and O–H groups in total. The number of hydrogen-bond donors (Lipinski definition) is 2. The summed E-state index contributed by atoms with van der Waals surface area (Å²) in [5.41, 5.74) is 13.1. The Morgan fingerprint density at radius 1 is 0.656 bits per heavy atom. The molecule has 64 heavy (non-hydrogen) atoms. The van der Waals surface area contributed by atoms with E-state index < -0.39 is 11.9 Å². The molecular formula is C51H52N6O5S2. The van der Waals surface area contributed by atoms with E-state index in [9.17, 15) is 9.59 Å². The van der Waals surface area contributed by atoms with E-state index in [0.717, 1.165) is 70.9 Å². The van der Waals surface area contributed by atoms with E-state index in [4.69, 9.17) is 14.2 Å². The van der Waals surface area contributed by atoms with Crippen LogP contribution in [0.5, 0.6) is 11.5 Å². The van der Waals surface area contributed by atoms with Crippen LogP contribution < -0.4 is 20.3 Å². The summed E-state index contributed by atoms with van der Waals surface area (Å²) >= 11 is 3.00. The Morgan fingerprint density at radius 3 is 1.80 bits per heavy atom. The fourth-order valence-corrected chi connectivity index (χ4v) is 8.54. The number of rotatable bonds is 24. The highest BCUT2D eigenvalue weighted by atomic mass is 32.1. The molecule has 11 nitrogen and oxygen atoms in total. The van der Waals surface area contributed by atoms with Gasteiger partial charge in [0, 0.05) is 17.2 Å². The zero-order valence-electron chi connectivity index (χ0n) is 36.0. The topological polar surface area (TPSA) is 136 Å². The molecule has 0 atom stereocenters. The first kappa shape index (κ1) is 45.3. The summed E-state index contributed by atoms with van der Waals surface area (Å²) in [6, 6.07) is 35.7. The molecule has 2 aromatic heterocycles. The number of ether oxygens (including phenoxy) is 3. The van der Waals surface area contributed by atoms with Crippen molar-refractivity contribution in [1.29, 1.82) is 0 Å². The average molecular weight is 893 g/mol. The lowest BCUT2D eigenvalue weighted by molar-refractivity contribution is -0.137. The van der Waals surface area contributed by atoms with Crippen LogP contribution in [0.1, 0.15) is 90.0 Å². The van der Waals surface area contributed by atoms with Crippen molar-refractivity contribution < 1.29 is 23.8 Å². The molecule has 0 saturated carbocycles. The van der Waals surface area contributed by atoms with Gasteiger partial charge in [-0.2, -0.15) is 10.2 Å². The molecule has 0 fully saturated rings. The third-order valence-corrected chi connectivity index (χ3v) is 12.2. The van der Waals surface area contributed by atoms with Crippen LogP contribution in [0.4, 0.5) is 10.3 Å². The van der Waals surface area contributed by atoms with Gasteiger partial charge in [0.05, 0.1) is 51.6 Å². The second kappa shape index (κ2) is 23.7. The zero-order chi connectivity index (χ0) is 44.4. The third-order valence-electron chi connectivity index (χ3n) is 10.3. The molecule has 0 aliphatic carbocycles. The number of aromatic nitrogens is 2. The molecule has 7 aromatic rings. The van der Waals surface area contributed by atoms with Gasteiger partial charge >= 0.3 is 11.9 Å². The predicted molar refractivity (Wildman–Crippen MR) is 262 cm³/mol. The Balaban J connectivity index is 1.11. The zero-order valence-corrected chi connectivity index (χ0v) is 37.6. The van der Waals surface area contributed by atoms with E-state index in [0.29, 0.717) is 51.7 Å². The second-order valence-corrected chi connectivity index (χ2v) is 17.2. The predicted octanol–water partition coefficient (Wildman–Crippen LogP) is 12.2. The third kappa shape index (κ3) is 13.4. The first-order valence-corrected chi connectivity index (χ1v) is 23.4. The van der Waals surface area contributed by atoms with Gasteiger partial charge < -0.3 is 14.2 Å². The molecule has 0 amide bonds. The van der Waals surface area contributed by atoms with E-state index in [1.165, 1.54) is 59.1 Å². The molecule has 0 bridgehead atoms. The highest BCUT2D eigenvalue weighted by Crippen LogP contribution is 2.30. The van der Waals surface area contributed by atoms with Crippen LogP contribution in [0.3, 0.4) is 0 Å². The molecule has 0 spiro atoms. The van der Waals surface area contributed by atoms with E-state index >= 15 is 0 Å². The Bertz CT molecular complexity index is 2520. The van der Waals surface area contributed by atoms with Crippen LogP contribution in [-0.2, 0) is 28.8 Å². The lowest BCUT2D eigenvalue weighted by Gasteiger charge is -2.14. The monoisotopic (exact) mass is 892 g/mol. The fraction of sp³-hybridized carbons (Fsp3) is 0.255. The minimum atomic E-state index is -0.543. The van der Waals surface area contributed by atoms with Crippen LogP contribution in [0, 0.1) is 0 Å². The number of nitrogens with zero attached hydrogens (tertiary/aromatic N) is 4. The number of carbonyl (C=O) groups is 2. The number of benzene rings is 5. The van der Waals surface area contributed by atoms with E-state index in [2.05, 4.69) is 68.8 Å². The molecule has 328 valence electrons. The Kier molecular flexibility index (Phi) is 16.8. The van der Waals surface area contributed by atoms with Crippen molar-refractivity contribution >= 4 is 77.7 Å². The van der Waals surface area contributed by atoms with Crippen molar-refractivity contribution in [2.75, 3.05) is 24.1 Å². The minimum absolute atomic E-state index is 0.300. The molecular weight excluding hydrogens is 841 g/mol. The molecule has 2 heterocycles. The van der Waals surface area contributed by atoms with Gasteiger partial charge in [-0.3, -0.25) is 10.9 Å². The summed E-state index contributed by atoms with van der Waals surface area (Å²) in [7, 11) is 0. The second-order valence-electron chi connectivity index (χ2n) is 15.1. The number of thiazole rings is 2. The molecule has 0 aliphatic rings. The van der Waals surface area contributed by atoms with Gasteiger partial charge in [-0.25, -0.2) is 19.6 Å². The molecule has 13 heteroatoms. The largest absolute Gasteiger partial charge is 0.494 e. The van der Waals surface area contributed by atoms with Gasteiger partial charge in [0.1, 0.15) is 11.5 Å². The number of unbranched alkanes of at least 4 members (excludes halogenated alkanes) is 5. The number of nitrogens with one attached hydrogen (secondary N) is 2. The quantitative estimate of drug-likeness (QED) is 0.0152. The summed E-state index contributed by atoms with van der Waals surface area (Å²) in [5.74, 6) is 0.00229. The van der Waals surface area contributed by atoms with Crippen molar-refractivity contribution in [2.45, 2.75) is 71.1 Å². The number of anilines is 2.